The van der Waals surface area contributed by atoms with Crippen molar-refractivity contribution in [2.45, 2.75) is 11.4 Å². The lowest BCUT2D eigenvalue weighted by Gasteiger charge is -2.16. The quantitative estimate of drug-likeness (QED) is 0.857. The monoisotopic (exact) mass is 293 g/mol. The molecule has 2 heterocycles. The number of carboxylic acid groups (broad SMARTS) is 1. The minimum atomic E-state index is -3.78. The Balaban J connectivity index is 2.32. The van der Waals surface area contributed by atoms with Crippen molar-refractivity contribution in [2.75, 3.05) is 13.1 Å². The summed E-state index contributed by atoms with van der Waals surface area (Å²) in [4.78, 5) is 10.8. The molecule has 1 saturated heterocycles. The molecule has 1 atom stereocenters. The number of aryl methyl sites for hydroxylation is 1. The van der Waals surface area contributed by atoms with Crippen molar-refractivity contribution in [3.05, 3.63) is 11.2 Å². The van der Waals surface area contributed by atoms with Gasteiger partial charge in [-0.2, -0.15) is 9.40 Å². The molecule has 1 aliphatic rings. The molecule has 0 amide bonds. The highest BCUT2D eigenvalue weighted by molar-refractivity contribution is 7.89. The molecule has 0 aromatic carbocycles. The molecule has 0 radical (unpaired) electrons. The largest absolute Gasteiger partial charge is 0.481 e. The Kier molecular flexibility index (Phi) is 3.35. The third kappa shape index (κ3) is 2.11. The van der Waals surface area contributed by atoms with Gasteiger partial charge in [-0.1, -0.05) is 11.6 Å². The predicted molar refractivity (Wildman–Crippen MR) is 62.7 cm³/mol. The summed E-state index contributed by atoms with van der Waals surface area (Å²) in [7, 11) is -2.31. The maximum atomic E-state index is 12.3. The number of hydrogen-bond donors (Lipinski definition) is 1. The molecular formula is C9H12ClN3O4S. The number of aromatic nitrogens is 2. The molecule has 1 aliphatic heterocycles. The van der Waals surface area contributed by atoms with Gasteiger partial charge in [-0.25, -0.2) is 8.42 Å². The van der Waals surface area contributed by atoms with Gasteiger partial charge in [0.15, 0.2) is 5.03 Å². The van der Waals surface area contributed by atoms with Crippen molar-refractivity contribution in [1.82, 2.24) is 14.1 Å². The van der Waals surface area contributed by atoms with Gasteiger partial charge in [-0.15, -0.1) is 0 Å². The van der Waals surface area contributed by atoms with E-state index in [0.29, 0.717) is 6.42 Å². The highest BCUT2D eigenvalue weighted by atomic mass is 35.5. The van der Waals surface area contributed by atoms with E-state index >= 15 is 0 Å². The molecule has 18 heavy (non-hydrogen) atoms. The number of carbonyl (C=O) groups is 1. The minimum absolute atomic E-state index is 0.0286. The minimum Gasteiger partial charge on any atom is -0.481 e. The lowest BCUT2D eigenvalue weighted by molar-refractivity contribution is -0.141. The molecule has 0 aliphatic carbocycles. The van der Waals surface area contributed by atoms with Crippen LogP contribution in [0.4, 0.5) is 0 Å². The van der Waals surface area contributed by atoms with E-state index in [9.17, 15) is 13.2 Å². The zero-order valence-corrected chi connectivity index (χ0v) is 11.1. The Morgan fingerprint density at radius 1 is 1.61 bits per heavy atom. The summed E-state index contributed by atoms with van der Waals surface area (Å²) in [5.74, 6) is -1.64. The van der Waals surface area contributed by atoms with Gasteiger partial charge < -0.3 is 5.11 Å². The van der Waals surface area contributed by atoms with Gasteiger partial charge in [-0.3, -0.25) is 9.48 Å². The topological polar surface area (TPSA) is 92.5 Å². The molecule has 9 heteroatoms. The molecule has 0 spiro atoms. The van der Waals surface area contributed by atoms with Gasteiger partial charge in [0.05, 0.1) is 17.1 Å². The van der Waals surface area contributed by atoms with Crippen LogP contribution < -0.4 is 0 Å². The first-order chi connectivity index (χ1) is 8.34. The van der Waals surface area contributed by atoms with Crippen molar-refractivity contribution in [3.8, 4) is 0 Å². The average molecular weight is 294 g/mol. The third-order valence-corrected chi connectivity index (χ3v) is 5.30. The van der Waals surface area contributed by atoms with Crippen LogP contribution in [0.5, 0.6) is 0 Å². The van der Waals surface area contributed by atoms with Gasteiger partial charge in [-0.05, 0) is 6.42 Å². The van der Waals surface area contributed by atoms with E-state index in [0.717, 1.165) is 4.31 Å². The molecule has 100 valence electrons. The van der Waals surface area contributed by atoms with Gasteiger partial charge in [0, 0.05) is 20.1 Å². The first-order valence-electron chi connectivity index (χ1n) is 5.24. The Morgan fingerprint density at radius 3 is 2.72 bits per heavy atom. The molecule has 1 fully saturated rings. The third-order valence-electron chi connectivity index (χ3n) is 2.93. The van der Waals surface area contributed by atoms with E-state index in [1.54, 1.807) is 0 Å². The second kappa shape index (κ2) is 4.52. The van der Waals surface area contributed by atoms with Crippen LogP contribution in [0.15, 0.2) is 11.2 Å². The number of carboxylic acids is 1. The summed E-state index contributed by atoms with van der Waals surface area (Å²) in [6.45, 7) is 0.153. The molecule has 1 aromatic heterocycles. The predicted octanol–water partition coefficient (Wildman–Crippen LogP) is 0.169. The van der Waals surface area contributed by atoms with E-state index in [4.69, 9.17) is 16.7 Å². The Labute approximate surface area is 109 Å². The van der Waals surface area contributed by atoms with Crippen LogP contribution in [-0.4, -0.2) is 46.7 Å². The molecule has 0 saturated carbocycles. The zero-order valence-electron chi connectivity index (χ0n) is 9.58. The summed E-state index contributed by atoms with van der Waals surface area (Å²) < 4.78 is 26.9. The second-order valence-corrected chi connectivity index (χ2v) is 6.37. The van der Waals surface area contributed by atoms with Crippen LogP contribution in [0.2, 0.25) is 5.02 Å². The SMILES string of the molecule is Cn1ncc(Cl)c1S(=O)(=O)N1CCC(C(=O)O)C1. The van der Waals surface area contributed by atoms with E-state index in [1.807, 2.05) is 0 Å². The molecule has 1 unspecified atom stereocenters. The number of hydrogen-bond acceptors (Lipinski definition) is 4. The Bertz CT molecular complexity index is 563. The summed E-state index contributed by atoms with van der Waals surface area (Å²) in [5, 5.41) is 12.6. The Morgan fingerprint density at radius 2 is 2.28 bits per heavy atom. The summed E-state index contributed by atoms with van der Waals surface area (Å²) in [6, 6.07) is 0. The first-order valence-corrected chi connectivity index (χ1v) is 7.06. The molecule has 7 nitrogen and oxygen atoms in total. The molecule has 0 bridgehead atoms. The van der Waals surface area contributed by atoms with Crippen molar-refractivity contribution in [2.24, 2.45) is 13.0 Å². The summed E-state index contributed by atoms with van der Waals surface area (Å²) >= 11 is 5.80. The Hall–Kier alpha value is -1.12. The fourth-order valence-electron chi connectivity index (χ4n) is 1.96. The number of sulfonamides is 1. The number of rotatable bonds is 3. The summed E-state index contributed by atoms with van der Waals surface area (Å²) in [5.41, 5.74) is 0. The van der Waals surface area contributed by atoms with Crippen molar-refractivity contribution >= 4 is 27.6 Å². The lowest BCUT2D eigenvalue weighted by Crippen LogP contribution is -2.31. The van der Waals surface area contributed by atoms with Crippen LogP contribution in [0.1, 0.15) is 6.42 Å². The highest BCUT2D eigenvalue weighted by Crippen LogP contribution is 2.28. The van der Waals surface area contributed by atoms with Crippen LogP contribution in [-0.2, 0) is 21.9 Å². The lowest BCUT2D eigenvalue weighted by atomic mass is 10.1. The summed E-state index contributed by atoms with van der Waals surface area (Å²) in [6.07, 6.45) is 1.56. The van der Waals surface area contributed by atoms with Crippen molar-refractivity contribution in [3.63, 3.8) is 0 Å². The van der Waals surface area contributed by atoms with Gasteiger partial charge in [0.2, 0.25) is 0 Å². The van der Waals surface area contributed by atoms with Crippen LogP contribution >= 0.6 is 11.6 Å². The number of halogens is 1. The maximum Gasteiger partial charge on any atom is 0.307 e. The van der Waals surface area contributed by atoms with Gasteiger partial charge >= 0.3 is 5.97 Å². The van der Waals surface area contributed by atoms with Crippen molar-refractivity contribution < 1.29 is 18.3 Å². The maximum absolute atomic E-state index is 12.3. The highest BCUT2D eigenvalue weighted by Gasteiger charge is 2.38. The van der Waals surface area contributed by atoms with Crippen molar-refractivity contribution in [1.29, 1.82) is 0 Å². The van der Waals surface area contributed by atoms with Gasteiger partial charge in [0.1, 0.15) is 0 Å². The van der Waals surface area contributed by atoms with Crippen LogP contribution in [0.25, 0.3) is 0 Å². The van der Waals surface area contributed by atoms with E-state index < -0.39 is 21.9 Å². The molecular weight excluding hydrogens is 282 g/mol. The van der Waals surface area contributed by atoms with Gasteiger partial charge in [0.25, 0.3) is 10.0 Å². The van der Waals surface area contributed by atoms with E-state index in [2.05, 4.69) is 5.10 Å². The van der Waals surface area contributed by atoms with E-state index in [1.165, 1.54) is 17.9 Å². The average Bonchev–Trinajstić information content (AvgIpc) is 2.85. The first kappa shape index (κ1) is 13.3. The normalized spacial score (nSPS) is 21.3. The second-order valence-electron chi connectivity index (χ2n) is 4.11. The molecule has 1 N–H and O–H groups in total. The fourth-order valence-corrected chi connectivity index (χ4v) is 4.07. The smallest absolute Gasteiger partial charge is 0.307 e. The fraction of sp³-hybridized carbons (Fsp3) is 0.556. The van der Waals surface area contributed by atoms with E-state index in [-0.39, 0.29) is 23.1 Å². The number of aliphatic carboxylic acids is 1. The molecule has 2 rings (SSSR count). The van der Waals surface area contributed by atoms with Crippen LogP contribution in [0.3, 0.4) is 0 Å². The van der Waals surface area contributed by atoms with Crippen LogP contribution in [0, 0.1) is 5.92 Å². The zero-order chi connectivity index (χ0) is 13.5. The number of nitrogens with zero attached hydrogens (tertiary/aromatic N) is 3. The standard InChI is InChI=1S/C9H12ClN3O4S/c1-12-8(7(10)4-11-12)18(16,17)13-3-2-6(5-13)9(14)15/h4,6H,2-3,5H2,1H3,(H,14,15). The molecule has 1 aromatic rings.